The van der Waals surface area contributed by atoms with E-state index in [1.54, 1.807) is 0 Å². The third kappa shape index (κ3) is 3.58. The smallest absolute Gasteiger partial charge is 0.171 e. The second kappa shape index (κ2) is 6.37. The molecule has 0 unspecified atom stereocenters. The zero-order valence-electron chi connectivity index (χ0n) is 11.0. The van der Waals surface area contributed by atoms with Crippen LogP contribution in [0, 0.1) is 9.49 Å². The molecule has 0 saturated carbocycles. The first-order valence-electron chi connectivity index (χ1n) is 6.01. The van der Waals surface area contributed by atoms with Crippen molar-refractivity contribution in [2.24, 2.45) is 5.92 Å². The molecule has 0 amide bonds. The van der Waals surface area contributed by atoms with E-state index < -0.39 is 0 Å². The molecule has 0 bridgehead atoms. The van der Waals surface area contributed by atoms with Crippen molar-refractivity contribution in [2.75, 3.05) is 12.4 Å². The molecule has 2 heterocycles. The van der Waals surface area contributed by atoms with Gasteiger partial charge in [-0.2, -0.15) is 0 Å². The molecule has 0 atom stereocenters. The molecular formula is C13H15ClIN3S. The third-order valence-corrected chi connectivity index (χ3v) is 4.91. The molecular weight excluding hydrogens is 393 g/mol. The van der Waals surface area contributed by atoms with Crippen LogP contribution in [0.4, 0.5) is 5.82 Å². The lowest BCUT2D eigenvalue weighted by molar-refractivity contribution is 0.632. The lowest BCUT2D eigenvalue weighted by Crippen LogP contribution is -2.07. The lowest BCUT2D eigenvalue weighted by Gasteiger charge is -2.12. The largest absolute Gasteiger partial charge is 0.372 e. The highest BCUT2D eigenvalue weighted by molar-refractivity contribution is 14.1. The summed E-state index contributed by atoms with van der Waals surface area (Å²) in [7, 11) is 1.88. The Morgan fingerprint density at radius 1 is 1.37 bits per heavy atom. The van der Waals surface area contributed by atoms with Crippen molar-refractivity contribution >= 4 is 51.3 Å². The molecule has 0 spiro atoms. The Hall–Kier alpha value is -0.400. The van der Waals surface area contributed by atoms with Gasteiger partial charge in [-0.05, 0) is 47.1 Å². The highest BCUT2D eigenvalue weighted by Gasteiger charge is 2.14. The summed E-state index contributed by atoms with van der Waals surface area (Å²) in [5.74, 6) is 2.19. The summed E-state index contributed by atoms with van der Waals surface area (Å²) in [6.07, 6.45) is 0.946. The summed E-state index contributed by atoms with van der Waals surface area (Å²) in [6.45, 7) is 4.39. The topological polar surface area (TPSA) is 37.8 Å². The molecule has 0 saturated heterocycles. The summed E-state index contributed by atoms with van der Waals surface area (Å²) < 4.78 is 1.86. The van der Waals surface area contributed by atoms with Crippen molar-refractivity contribution in [2.45, 2.75) is 20.3 Å². The van der Waals surface area contributed by atoms with Crippen molar-refractivity contribution in [1.82, 2.24) is 9.97 Å². The normalized spacial score (nSPS) is 11.1. The van der Waals surface area contributed by atoms with Crippen molar-refractivity contribution in [3.05, 3.63) is 25.7 Å². The number of halogens is 2. The Balaban J connectivity index is 2.50. The Bertz CT molecular complexity index is 583. The van der Waals surface area contributed by atoms with Crippen LogP contribution in [0.15, 0.2) is 12.1 Å². The van der Waals surface area contributed by atoms with Gasteiger partial charge in [0, 0.05) is 7.05 Å². The maximum atomic E-state index is 5.99. The molecule has 0 fully saturated rings. The predicted molar refractivity (Wildman–Crippen MR) is 91.2 cm³/mol. The monoisotopic (exact) mass is 407 g/mol. The van der Waals surface area contributed by atoms with E-state index in [1.165, 1.54) is 11.3 Å². The van der Waals surface area contributed by atoms with Gasteiger partial charge in [-0.1, -0.05) is 25.4 Å². The summed E-state index contributed by atoms with van der Waals surface area (Å²) in [5.41, 5.74) is 1.09. The Morgan fingerprint density at radius 2 is 2.11 bits per heavy atom. The van der Waals surface area contributed by atoms with Crippen LogP contribution < -0.4 is 5.32 Å². The first-order valence-corrected chi connectivity index (χ1v) is 8.28. The van der Waals surface area contributed by atoms with Crippen LogP contribution in [0.3, 0.4) is 0 Å². The molecule has 0 radical (unpaired) electrons. The van der Waals surface area contributed by atoms with Gasteiger partial charge in [-0.15, -0.1) is 11.3 Å². The van der Waals surface area contributed by atoms with Gasteiger partial charge in [0.05, 0.1) is 18.5 Å². The van der Waals surface area contributed by atoms with E-state index in [9.17, 15) is 0 Å². The van der Waals surface area contributed by atoms with Gasteiger partial charge < -0.3 is 5.32 Å². The van der Waals surface area contributed by atoms with Crippen LogP contribution in [0.2, 0.25) is 4.34 Å². The van der Waals surface area contributed by atoms with Gasteiger partial charge in [-0.3, -0.25) is 0 Å². The molecule has 2 rings (SSSR count). The minimum atomic E-state index is 0.563. The van der Waals surface area contributed by atoms with Crippen LogP contribution in [-0.4, -0.2) is 17.0 Å². The average molecular weight is 408 g/mol. The van der Waals surface area contributed by atoms with Gasteiger partial charge in [0.2, 0.25) is 0 Å². The van der Waals surface area contributed by atoms with E-state index in [4.69, 9.17) is 16.6 Å². The van der Waals surface area contributed by atoms with E-state index in [2.05, 4.69) is 46.7 Å². The zero-order chi connectivity index (χ0) is 14.0. The minimum Gasteiger partial charge on any atom is -0.372 e. The fraction of sp³-hybridized carbons (Fsp3) is 0.385. The SMILES string of the molecule is CNc1nc(-c2ccc(Cl)s2)nc(CC(C)C)c1I. The fourth-order valence-electron chi connectivity index (χ4n) is 1.73. The van der Waals surface area contributed by atoms with Gasteiger partial charge in [0.25, 0.3) is 0 Å². The van der Waals surface area contributed by atoms with Gasteiger partial charge in [-0.25, -0.2) is 9.97 Å². The van der Waals surface area contributed by atoms with Gasteiger partial charge >= 0.3 is 0 Å². The van der Waals surface area contributed by atoms with E-state index in [0.717, 1.165) is 36.5 Å². The van der Waals surface area contributed by atoms with E-state index in [-0.39, 0.29) is 0 Å². The van der Waals surface area contributed by atoms with Crippen LogP contribution in [0.1, 0.15) is 19.5 Å². The number of anilines is 1. The van der Waals surface area contributed by atoms with Gasteiger partial charge in [0.1, 0.15) is 5.82 Å². The summed E-state index contributed by atoms with van der Waals surface area (Å²) >= 11 is 9.79. The molecule has 0 aliphatic rings. The molecule has 2 aromatic rings. The molecule has 0 aromatic carbocycles. The van der Waals surface area contributed by atoms with E-state index in [0.29, 0.717) is 5.92 Å². The molecule has 3 nitrogen and oxygen atoms in total. The first-order chi connectivity index (χ1) is 9.01. The standard InChI is InChI=1S/C13H15ClIN3S/c1-7(2)6-8-11(15)13(16-3)18-12(17-8)9-4-5-10(14)19-9/h4-5,7H,6H2,1-3H3,(H,16,17,18). The number of rotatable bonds is 4. The maximum Gasteiger partial charge on any atom is 0.171 e. The fourth-order valence-corrected chi connectivity index (χ4v) is 3.43. The first kappa shape index (κ1) is 15.0. The Kier molecular flexibility index (Phi) is 5.03. The minimum absolute atomic E-state index is 0.563. The number of aromatic nitrogens is 2. The van der Waals surface area contributed by atoms with Crippen molar-refractivity contribution < 1.29 is 0 Å². The summed E-state index contributed by atoms with van der Waals surface area (Å²) in [4.78, 5) is 10.3. The van der Waals surface area contributed by atoms with E-state index >= 15 is 0 Å². The van der Waals surface area contributed by atoms with E-state index in [1.807, 2.05) is 19.2 Å². The van der Waals surface area contributed by atoms with Crippen LogP contribution in [0.5, 0.6) is 0 Å². The van der Waals surface area contributed by atoms with Crippen LogP contribution >= 0.6 is 45.5 Å². The predicted octanol–water partition coefficient (Wildman–Crippen LogP) is 4.70. The number of nitrogens with one attached hydrogen (secondary N) is 1. The Morgan fingerprint density at radius 3 is 2.63 bits per heavy atom. The molecule has 19 heavy (non-hydrogen) atoms. The molecule has 2 aromatic heterocycles. The molecule has 6 heteroatoms. The van der Waals surface area contributed by atoms with Crippen LogP contribution in [0.25, 0.3) is 10.7 Å². The second-order valence-electron chi connectivity index (χ2n) is 4.61. The summed E-state index contributed by atoms with van der Waals surface area (Å²) in [5, 5.41) is 3.14. The molecule has 0 aliphatic carbocycles. The van der Waals surface area contributed by atoms with Crippen molar-refractivity contribution in [3.63, 3.8) is 0 Å². The maximum absolute atomic E-state index is 5.99. The highest BCUT2D eigenvalue weighted by Crippen LogP contribution is 2.31. The van der Waals surface area contributed by atoms with Crippen LogP contribution in [-0.2, 0) is 6.42 Å². The summed E-state index contributed by atoms with van der Waals surface area (Å²) in [6, 6.07) is 3.85. The number of nitrogens with zero attached hydrogens (tertiary/aromatic N) is 2. The quantitative estimate of drug-likeness (QED) is 0.746. The third-order valence-electron chi connectivity index (χ3n) is 2.55. The molecule has 0 aliphatic heterocycles. The zero-order valence-corrected chi connectivity index (χ0v) is 14.7. The second-order valence-corrected chi connectivity index (χ2v) is 7.40. The highest BCUT2D eigenvalue weighted by atomic mass is 127. The molecule has 1 N–H and O–H groups in total. The lowest BCUT2D eigenvalue weighted by atomic mass is 10.1. The number of hydrogen-bond donors (Lipinski definition) is 1. The van der Waals surface area contributed by atoms with Gasteiger partial charge in [0.15, 0.2) is 5.82 Å². The van der Waals surface area contributed by atoms with Crippen molar-refractivity contribution in [1.29, 1.82) is 0 Å². The Labute approximate surface area is 136 Å². The average Bonchev–Trinajstić information content (AvgIpc) is 2.78. The molecule has 102 valence electrons. The number of thiophene rings is 1. The van der Waals surface area contributed by atoms with Crippen molar-refractivity contribution in [3.8, 4) is 10.7 Å². The number of hydrogen-bond acceptors (Lipinski definition) is 4.